The van der Waals surface area contributed by atoms with Crippen molar-refractivity contribution >= 4 is 0 Å². The average Bonchev–Trinajstić information content (AvgIpc) is 2.45. The predicted octanol–water partition coefficient (Wildman–Crippen LogP) is 6.45. The van der Waals surface area contributed by atoms with E-state index in [1.165, 1.54) is 89.9 Å². The maximum Gasteiger partial charge on any atom is -0.00773 e. The summed E-state index contributed by atoms with van der Waals surface area (Å²) in [6, 6.07) is 0. The van der Waals surface area contributed by atoms with Crippen molar-refractivity contribution in [3.8, 4) is 0 Å². The van der Waals surface area contributed by atoms with Crippen LogP contribution in [0.4, 0.5) is 0 Å². The normalized spacial score (nSPS) is 10.1. The van der Waals surface area contributed by atoms with Crippen LogP contribution in [0.3, 0.4) is 0 Å². The van der Waals surface area contributed by atoms with E-state index in [0.29, 0.717) is 0 Å². The minimum Gasteiger partial charge on any atom is -0.330 e. The molecule has 19 heavy (non-hydrogen) atoms. The Labute approximate surface area is 123 Å². The van der Waals surface area contributed by atoms with Gasteiger partial charge in [0.15, 0.2) is 0 Å². The first-order valence-corrected chi connectivity index (χ1v) is 9.03. The van der Waals surface area contributed by atoms with Gasteiger partial charge in [-0.05, 0) is 13.0 Å². The number of rotatable bonds is 13. The molecule has 0 aliphatic rings. The van der Waals surface area contributed by atoms with E-state index in [4.69, 9.17) is 5.73 Å². The van der Waals surface area contributed by atoms with Crippen LogP contribution < -0.4 is 5.73 Å². The molecule has 0 aromatic heterocycles. The van der Waals surface area contributed by atoms with E-state index in [9.17, 15) is 0 Å². The largest absolute Gasteiger partial charge is 0.330 e. The Bertz CT molecular complexity index is 109. The van der Waals surface area contributed by atoms with Crippen molar-refractivity contribution < 1.29 is 0 Å². The van der Waals surface area contributed by atoms with Crippen LogP contribution in [-0.4, -0.2) is 6.54 Å². The monoisotopic (exact) mass is 271 g/mol. The fraction of sp³-hybridized carbons (Fsp3) is 1.00. The molecule has 0 aliphatic carbocycles. The molecule has 0 unspecified atom stereocenters. The standard InChI is InChI=1S/C14H31N.C4H10/c1-2-3-4-5-6-7-8-9-10-11-12-13-14-15;1-3-4-2/h2-15H2,1H3;3-4H2,1-2H3. The smallest absolute Gasteiger partial charge is 0.00773 e. The summed E-state index contributed by atoms with van der Waals surface area (Å²) in [5.74, 6) is 0. The number of nitrogens with two attached hydrogens (primary N) is 1. The van der Waals surface area contributed by atoms with E-state index in [-0.39, 0.29) is 0 Å². The molecule has 0 saturated carbocycles. The average molecular weight is 272 g/mol. The van der Waals surface area contributed by atoms with Gasteiger partial charge in [0.2, 0.25) is 0 Å². The van der Waals surface area contributed by atoms with Crippen molar-refractivity contribution in [1.82, 2.24) is 0 Å². The van der Waals surface area contributed by atoms with Crippen LogP contribution in [0.25, 0.3) is 0 Å². The molecule has 1 heteroatoms. The number of hydrogen-bond acceptors (Lipinski definition) is 1. The van der Waals surface area contributed by atoms with E-state index in [2.05, 4.69) is 20.8 Å². The molecule has 0 heterocycles. The molecule has 0 rings (SSSR count). The summed E-state index contributed by atoms with van der Waals surface area (Å²) in [5.41, 5.74) is 5.45. The van der Waals surface area contributed by atoms with E-state index < -0.39 is 0 Å². The van der Waals surface area contributed by atoms with Crippen LogP contribution in [0.2, 0.25) is 0 Å². The first kappa shape index (κ1) is 21.3. The highest BCUT2D eigenvalue weighted by Gasteiger charge is 1.92. The molecular weight excluding hydrogens is 230 g/mol. The Kier molecular flexibility index (Phi) is 25.8. The second kappa shape index (κ2) is 23.1. The Morgan fingerprint density at radius 3 is 1.00 bits per heavy atom. The van der Waals surface area contributed by atoms with Crippen LogP contribution >= 0.6 is 0 Å². The van der Waals surface area contributed by atoms with Gasteiger partial charge in [-0.25, -0.2) is 0 Å². The Morgan fingerprint density at radius 1 is 0.421 bits per heavy atom. The molecule has 1 nitrogen and oxygen atoms in total. The van der Waals surface area contributed by atoms with Gasteiger partial charge in [0.05, 0.1) is 0 Å². The fourth-order valence-corrected chi connectivity index (χ4v) is 1.99. The van der Waals surface area contributed by atoms with E-state index >= 15 is 0 Å². The zero-order valence-electron chi connectivity index (χ0n) is 14.2. The maximum atomic E-state index is 5.45. The summed E-state index contributed by atoms with van der Waals surface area (Å²) < 4.78 is 0. The third kappa shape index (κ3) is 27.2. The van der Waals surface area contributed by atoms with Crippen molar-refractivity contribution in [3.05, 3.63) is 0 Å². The van der Waals surface area contributed by atoms with Gasteiger partial charge >= 0.3 is 0 Å². The molecule has 0 radical (unpaired) electrons. The Hall–Kier alpha value is -0.0400. The van der Waals surface area contributed by atoms with Gasteiger partial charge < -0.3 is 5.73 Å². The zero-order chi connectivity index (χ0) is 14.6. The molecular formula is C18H41N. The lowest BCUT2D eigenvalue weighted by atomic mass is 10.1. The lowest BCUT2D eigenvalue weighted by Crippen LogP contribution is -1.97. The van der Waals surface area contributed by atoms with Gasteiger partial charge in [0.25, 0.3) is 0 Å². The quantitative estimate of drug-likeness (QED) is 0.383. The minimum atomic E-state index is 0.872. The Morgan fingerprint density at radius 2 is 0.737 bits per heavy atom. The molecule has 0 aromatic rings. The third-order valence-corrected chi connectivity index (χ3v) is 3.56. The molecule has 0 fully saturated rings. The summed E-state index contributed by atoms with van der Waals surface area (Å²) in [6.45, 7) is 7.51. The van der Waals surface area contributed by atoms with Crippen LogP contribution in [0, 0.1) is 0 Å². The molecule has 118 valence electrons. The summed E-state index contributed by atoms with van der Waals surface area (Å²) in [4.78, 5) is 0. The van der Waals surface area contributed by atoms with Crippen LogP contribution in [0.15, 0.2) is 0 Å². The fourth-order valence-electron chi connectivity index (χ4n) is 1.99. The summed E-state index contributed by atoms with van der Waals surface area (Å²) in [7, 11) is 0. The predicted molar refractivity (Wildman–Crippen MR) is 90.7 cm³/mol. The lowest BCUT2D eigenvalue weighted by molar-refractivity contribution is 0.545. The van der Waals surface area contributed by atoms with Gasteiger partial charge in [0.1, 0.15) is 0 Å². The molecule has 0 aromatic carbocycles. The highest BCUT2D eigenvalue weighted by molar-refractivity contribution is 4.48. The van der Waals surface area contributed by atoms with E-state index in [1.54, 1.807) is 0 Å². The molecule has 0 bridgehead atoms. The minimum absolute atomic E-state index is 0.872. The second-order valence-electron chi connectivity index (χ2n) is 5.68. The van der Waals surface area contributed by atoms with Crippen molar-refractivity contribution in [2.45, 2.75) is 111 Å². The highest BCUT2D eigenvalue weighted by Crippen LogP contribution is 2.11. The molecule has 0 saturated heterocycles. The zero-order valence-corrected chi connectivity index (χ0v) is 14.2. The molecule has 0 atom stereocenters. The Balaban J connectivity index is 0. The molecule has 0 amide bonds. The van der Waals surface area contributed by atoms with Gasteiger partial charge in [-0.2, -0.15) is 0 Å². The van der Waals surface area contributed by atoms with Crippen molar-refractivity contribution in [1.29, 1.82) is 0 Å². The van der Waals surface area contributed by atoms with Crippen molar-refractivity contribution in [3.63, 3.8) is 0 Å². The van der Waals surface area contributed by atoms with E-state index in [0.717, 1.165) is 6.54 Å². The van der Waals surface area contributed by atoms with Crippen molar-refractivity contribution in [2.75, 3.05) is 6.54 Å². The topological polar surface area (TPSA) is 26.0 Å². The van der Waals surface area contributed by atoms with E-state index in [1.807, 2.05) is 0 Å². The van der Waals surface area contributed by atoms with Crippen LogP contribution in [0.1, 0.15) is 111 Å². The highest BCUT2D eigenvalue weighted by atomic mass is 14.5. The van der Waals surface area contributed by atoms with Gasteiger partial charge in [-0.1, -0.05) is 104 Å². The van der Waals surface area contributed by atoms with Crippen molar-refractivity contribution in [2.24, 2.45) is 5.73 Å². The summed E-state index contributed by atoms with van der Waals surface area (Å²) in [6.07, 6.45) is 19.5. The number of unbranched alkanes of at least 4 members (excludes halogenated alkanes) is 12. The second-order valence-corrected chi connectivity index (χ2v) is 5.68. The van der Waals surface area contributed by atoms with Gasteiger partial charge in [0, 0.05) is 0 Å². The van der Waals surface area contributed by atoms with Gasteiger partial charge in [-0.3, -0.25) is 0 Å². The van der Waals surface area contributed by atoms with Gasteiger partial charge in [-0.15, -0.1) is 0 Å². The first-order chi connectivity index (χ1) is 9.33. The summed E-state index contributed by atoms with van der Waals surface area (Å²) in [5, 5.41) is 0. The van der Waals surface area contributed by atoms with Crippen LogP contribution in [0.5, 0.6) is 0 Å². The SMILES string of the molecule is CCCC.CCCCCCCCCCCCCCN. The maximum absolute atomic E-state index is 5.45. The van der Waals surface area contributed by atoms with Crippen LogP contribution in [-0.2, 0) is 0 Å². The number of hydrogen-bond donors (Lipinski definition) is 1. The lowest BCUT2D eigenvalue weighted by Gasteiger charge is -2.01. The molecule has 0 aliphatic heterocycles. The first-order valence-electron chi connectivity index (χ1n) is 9.03. The third-order valence-electron chi connectivity index (χ3n) is 3.56. The molecule has 2 N–H and O–H groups in total. The molecule has 0 spiro atoms. The summed E-state index contributed by atoms with van der Waals surface area (Å²) >= 11 is 0.